The topological polar surface area (TPSA) is 88.4 Å². The summed E-state index contributed by atoms with van der Waals surface area (Å²) in [4.78, 5) is 32.8. The number of methoxy groups -OCH3 is 2. The summed E-state index contributed by atoms with van der Waals surface area (Å²) in [6.07, 6.45) is 3.14. The number of aromatic nitrogens is 1. The molecule has 5 rings (SSSR count). The lowest BCUT2D eigenvalue weighted by Gasteiger charge is -2.26. The van der Waals surface area contributed by atoms with Gasteiger partial charge in [-0.15, -0.1) is 0 Å². The van der Waals surface area contributed by atoms with Gasteiger partial charge in [-0.1, -0.05) is 79.3 Å². The van der Waals surface area contributed by atoms with E-state index < -0.39 is 12.0 Å². The molecule has 9 heteroatoms. The molecule has 1 aliphatic rings. The molecule has 0 saturated carbocycles. The zero-order valence-electron chi connectivity index (χ0n) is 24.7. The van der Waals surface area contributed by atoms with Gasteiger partial charge in [-0.3, -0.25) is 9.36 Å². The molecule has 1 atom stereocenters. The summed E-state index contributed by atoms with van der Waals surface area (Å²) in [5.74, 6) is 1.23. The summed E-state index contributed by atoms with van der Waals surface area (Å²) < 4.78 is 24.8. The molecule has 43 heavy (non-hydrogen) atoms. The molecular weight excluding hydrogens is 564 g/mol. The Hall–Kier alpha value is -4.63. The Morgan fingerprint density at radius 2 is 1.70 bits per heavy atom. The van der Waals surface area contributed by atoms with Crippen LogP contribution in [0.1, 0.15) is 49.4 Å². The van der Waals surface area contributed by atoms with Crippen molar-refractivity contribution >= 4 is 23.4 Å². The third kappa shape index (κ3) is 6.27. The van der Waals surface area contributed by atoms with Gasteiger partial charge in [0.05, 0.1) is 36.6 Å². The van der Waals surface area contributed by atoms with E-state index in [1.165, 1.54) is 11.3 Å². The molecule has 0 aliphatic carbocycles. The van der Waals surface area contributed by atoms with Crippen molar-refractivity contribution in [1.82, 2.24) is 4.57 Å². The van der Waals surface area contributed by atoms with Crippen molar-refractivity contribution in [3.8, 4) is 17.2 Å². The van der Waals surface area contributed by atoms with E-state index in [9.17, 15) is 9.59 Å². The third-order valence-corrected chi connectivity index (χ3v) is 8.03. The van der Waals surface area contributed by atoms with Gasteiger partial charge in [0.25, 0.3) is 5.56 Å². The van der Waals surface area contributed by atoms with Crippen LogP contribution in [0.2, 0.25) is 0 Å². The van der Waals surface area contributed by atoms with Crippen molar-refractivity contribution in [2.75, 3.05) is 20.8 Å². The predicted octanol–water partition coefficient (Wildman–Crippen LogP) is 5.17. The smallest absolute Gasteiger partial charge is 0.338 e. The van der Waals surface area contributed by atoms with E-state index in [1.54, 1.807) is 31.8 Å². The Balaban J connectivity index is 1.61. The minimum Gasteiger partial charge on any atom is -0.496 e. The standard InChI is InChI=1S/C34H34N2O6S/c1-5-12-25-30(33(38)41-6-2)31(24-15-10-11-16-26(24)39-3)36-32(37)29(43-34(36)35-25)20-23-17-18-27(28(19-23)40-4)42-21-22-13-8-7-9-14-22/h7-11,13-20,31H,5-6,12,21H2,1-4H3/b29-20-. The van der Waals surface area contributed by atoms with Crippen LogP contribution in [-0.4, -0.2) is 31.4 Å². The summed E-state index contributed by atoms with van der Waals surface area (Å²) in [5, 5.41) is 0. The number of allylic oxidation sites excluding steroid dienone is 1. The highest BCUT2D eigenvalue weighted by atomic mass is 32.1. The van der Waals surface area contributed by atoms with Crippen molar-refractivity contribution in [3.05, 3.63) is 120 Å². The molecular formula is C34H34N2O6S. The van der Waals surface area contributed by atoms with Crippen molar-refractivity contribution in [2.45, 2.75) is 39.3 Å². The van der Waals surface area contributed by atoms with Gasteiger partial charge in [0.2, 0.25) is 0 Å². The first-order valence-electron chi connectivity index (χ1n) is 14.2. The van der Waals surface area contributed by atoms with E-state index in [2.05, 4.69) is 0 Å². The normalized spacial score (nSPS) is 14.6. The Labute approximate surface area is 254 Å². The van der Waals surface area contributed by atoms with Crippen LogP contribution in [0, 0.1) is 0 Å². The predicted molar refractivity (Wildman–Crippen MR) is 166 cm³/mol. The maximum absolute atomic E-state index is 14.1. The lowest BCUT2D eigenvalue weighted by Crippen LogP contribution is -2.40. The number of rotatable bonds is 11. The summed E-state index contributed by atoms with van der Waals surface area (Å²) in [5.41, 5.74) is 3.21. The first kappa shape index (κ1) is 29.8. The molecule has 0 N–H and O–H groups in total. The van der Waals surface area contributed by atoms with E-state index in [1.807, 2.05) is 79.7 Å². The average molecular weight is 599 g/mol. The van der Waals surface area contributed by atoms with Gasteiger partial charge in [0.1, 0.15) is 18.4 Å². The molecule has 0 spiro atoms. The van der Waals surface area contributed by atoms with E-state index in [4.69, 9.17) is 23.9 Å². The molecule has 1 aliphatic heterocycles. The number of hydrogen-bond acceptors (Lipinski definition) is 8. The number of benzene rings is 3. The second-order valence-corrected chi connectivity index (χ2v) is 10.8. The number of fused-ring (bicyclic) bond motifs is 1. The highest BCUT2D eigenvalue weighted by molar-refractivity contribution is 7.07. The molecule has 1 aromatic heterocycles. The molecule has 0 amide bonds. The highest BCUT2D eigenvalue weighted by Gasteiger charge is 2.35. The Morgan fingerprint density at radius 1 is 0.953 bits per heavy atom. The number of esters is 1. The van der Waals surface area contributed by atoms with Gasteiger partial charge < -0.3 is 18.9 Å². The first-order chi connectivity index (χ1) is 21.0. The largest absolute Gasteiger partial charge is 0.496 e. The van der Waals surface area contributed by atoms with Crippen LogP contribution in [0.5, 0.6) is 17.2 Å². The van der Waals surface area contributed by atoms with Crippen LogP contribution in [0.3, 0.4) is 0 Å². The zero-order valence-corrected chi connectivity index (χ0v) is 25.5. The third-order valence-electron chi connectivity index (χ3n) is 7.05. The summed E-state index contributed by atoms with van der Waals surface area (Å²) in [7, 11) is 3.16. The van der Waals surface area contributed by atoms with Gasteiger partial charge >= 0.3 is 5.97 Å². The molecule has 0 bridgehead atoms. The average Bonchev–Trinajstić information content (AvgIpc) is 3.34. The second-order valence-electron chi connectivity index (χ2n) is 9.84. The number of hydrogen-bond donors (Lipinski definition) is 0. The van der Waals surface area contributed by atoms with Crippen molar-refractivity contribution < 1.29 is 23.7 Å². The number of para-hydroxylation sites is 1. The minimum atomic E-state index is -0.751. The van der Waals surface area contributed by atoms with Gasteiger partial charge in [-0.25, -0.2) is 9.79 Å². The van der Waals surface area contributed by atoms with E-state index in [0.29, 0.717) is 56.4 Å². The second kappa shape index (κ2) is 13.6. The fourth-order valence-electron chi connectivity index (χ4n) is 5.09. The van der Waals surface area contributed by atoms with Gasteiger partial charge in [-0.05, 0) is 48.7 Å². The summed E-state index contributed by atoms with van der Waals surface area (Å²) in [6.45, 7) is 4.40. The van der Waals surface area contributed by atoms with Crippen molar-refractivity contribution in [3.63, 3.8) is 0 Å². The van der Waals surface area contributed by atoms with Crippen LogP contribution in [0.4, 0.5) is 0 Å². The Bertz CT molecular complexity index is 1820. The number of nitrogens with zero attached hydrogens (tertiary/aromatic N) is 2. The lowest BCUT2D eigenvalue weighted by atomic mass is 9.93. The summed E-state index contributed by atoms with van der Waals surface area (Å²) >= 11 is 1.28. The quantitative estimate of drug-likeness (QED) is 0.221. The van der Waals surface area contributed by atoms with Crippen LogP contribution >= 0.6 is 11.3 Å². The maximum atomic E-state index is 14.1. The highest BCUT2D eigenvalue weighted by Crippen LogP contribution is 2.37. The minimum absolute atomic E-state index is 0.206. The number of carbonyl (C=O) groups is 1. The van der Waals surface area contributed by atoms with Crippen molar-refractivity contribution in [2.24, 2.45) is 4.99 Å². The number of carbonyl (C=O) groups excluding carboxylic acids is 1. The van der Waals surface area contributed by atoms with Crippen LogP contribution in [0.15, 0.2) is 93.9 Å². The Kier molecular flexibility index (Phi) is 9.41. The van der Waals surface area contributed by atoms with Crippen molar-refractivity contribution in [1.29, 1.82) is 0 Å². The molecule has 8 nitrogen and oxygen atoms in total. The molecule has 0 radical (unpaired) electrons. The number of ether oxygens (including phenoxy) is 4. The molecule has 0 fully saturated rings. The molecule has 1 unspecified atom stereocenters. The fourth-order valence-corrected chi connectivity index (χ4v) is 6.11. The molecule has 222 valence electrons. The lowest BCUT2D eigenvalue weighted by molar-refractivity contribution is -0.139. The zero-order chi connectivity index (χ0) is 30.3. The van der Waals surface area contributed by atoms with Crippen LogP contribution < -0.4 is 29.1 Å². The van der Waals surface area contributed by atoms with Gasteiger partial charge in [-0.2, -0.15) is 0 Å². The van der Waals surface area contributed by atoms with E-state index in [0.717, 1.165) is 17.5 Å². The van der Waals surface area contributed by atoms with E-state index in [-0.39, 0.29) is 12.2 Å². The summed E-state index contributed by atoms with van der Waals surface area (Å²) in [6, 6.07) is 22.1. The SMILES string of the molecule is CCCC1=C(C(=O)OCC)C(c2ccccc2OC)n2c(s/c(=C\c3ccc(OCc4ccccc4)c(OC)c3)c2=O)=N1. The first-order valence-corrected chi connectivity index (χ1v) is 15.0. The fraction of sp³-hybridized carbons (Fsp3) is 0.265. The Morgan fingerprint density at radius 3 is 2.42 bits per heavy atom. The van der Waals surface area contributed by atoms with Crippen LogP contribution in [0.25, 0.3) is 6.08 Å². The monoisotopic (exact) mass is 598 g/mol. The molecule has 2 heterocycles. The molecule has 4 aromatic rings. The number of thiazole rings is 1. The maximum Gasteiger partial charge on any atom is 0.338 e. The molecule has 0 saturated heterocycles. The van der Waals surface area contributed by atoms with Gasteiger partial charge in [0, 0.05) is 5.56 Å². The van der Waals surface area contributed by atoms with E-state index >= 15 is 0 Å². The van der Waals surface area contributed by atoms with Crippen LogP contribution in [-0.2, 0) is 16.1 Å². The molecule has 3 aromatic carbocycles. The van der Waals surface area contributed by atoms with Gasteiger partial charge in [0.15, 0.2) is 16.3 Å².